The van der Waals surface area contributed by atoms with Gasteiger partial charge in [0.25, 0.3) is 5.92 Å². The summed E-state index contributed by atoms with van der Waals surface area (Å²) in [6, 6.07) is 12.1. The van der Waals surface area contributed by atoms with Gasteiger partial charge in [0.05, 0.1) is 36.8 Å². The molecule has 0 radical (unpaired) electrons. The molecule has 2 amide bonds. The molecule has 2 bridgehead atoms. The Morgan fingerprint density at radius 2 is 1.94 bits per heavy atom. The van der Waals surface area contributed by atoms with Crippen LogP contribution in [-0.4, -0.2) is 90.3 Å². The van der Waals surface area contributed by atoms with Gasteiger partial charge in [-0.1, -0.05) is 51.1 Å². The van der Waals surface area contributed by atoms with E-state index >= 15 is 0 Å². The van der Waals surface area contributed by atoms with Crippen LogP contribution >= 0.6 is 0 Å². The lowest BCUT2D eigenvalue weighted by molar-refractivity contribution is -0.185. The molecule has 6 fully saturated rings. The molecule has 3 heterocycles. The summed E-state index contributed by atoms with van der Waals surface area (Å²) in [7, 11) is -0.626. The van der Waals surface area contributed by atoms with E-state index in [1.165, 1.54) is 0 Å². The van der Waals surface area contributed by atoms with Crippen molar-refractivity contribution in [2.75, 3.05) is 26.2 Å². The average Bonchev–Trinajstić information content (AvgIpc) is 3.73. The summed E-state index contributed by atoms with van der Waals surface area (Å²) in [5.74, 6) is -3.77. The number of carbonyl (C=O) groups excluding carboxylic acids is 2. The monoisotopic (exact) mass is 668 g/mol. The minimum atomic E-state index is -2.71. The molecule has 3 aliphatic carbocycles. The van der Waals surface area contributed by atoms with Crippen LogP contribution in [0.5, 0.6) is 0 Å². The Labute approximate surface area is 284 Å². The number of amides is 2. The molecule has 12 heteroatoms. The molecule has 1 aromatic carbocycles. The summed E-state index contributed by atoms with van der Waals surface area (Å²) in [6.45, 7) is 12.9. The lowest BCUT2D eigenvalue weighted by Gasteiger charge is -2.63. The summed E-state index contributed by atoms with van der Waals surface area (Å²) < 4.78 is 46.9. The van der Waals surface area contributed by atoms with Gasteiger partial charge < -0.3 is 24.3 Å². The molecule has 7 rings (SSSR count). The Kier molecular flexibility index (Phi) is 9.40. The zero-order chi connectivity index (χ0) is 34.6. The van der Waals surface area contributed by atoms with Crippen molar-refractivity contribution in [3.63, 3.8) is 0 Å². The Balaban J connectivity index is 1.05. The maximum Gasteiger partial charge on any atom is 0.482 e. The first-order chi connectivity index (χ1) is 22.5. The summed E-state index contributed by atoms with van der Waals surface area (Å²) >= 11 is 0. The van der Waals surface area contributed by atoms with Gasteiger partial charge in [-0.15, -0.1) is 0 Å². The number of nitrogens with one attached hydrogen (secondary N) is 1. The number of carbonyl (C=O) groups is 2. The first-order valence-corrected chi connectivity index (χ1v) is 17.7. The van der Waals surface area contributed by atoms with Gasteiger partial charge in [0.2, 0.25) is 5.91 Å². The predicted octanol–water partition coefficient (Wildman–Crippen LogP) is 5.48. The summed E-state index contributed by atoms with van der Waals surface area (Å²) in [5, 5.41) is 13.0. The third-order valence-corrected chi connectivity index (χ3v) is 12.3. The molecule has 1 aromatic rings. The molecule has 262 valence electrons. The fourth-order valence-corrected chi connectivity index (χ4v) is 9.27. The second kappa shape index (κ2) is 12.9. The van der Waals surface area contributed by atoms with Gasteiger partial charge in [-0.2, -0.15) is 5.26 Å². The Bertz CT molecular complexity index is 1410. The molecular formula is C36H51BF2N4O5. The van der Waals surface area contributed by atoms with Crippen LogP contribution in [0.25, 0.3) is 0 Å². The molecule has 8 atom stereocenters. The van der Waals surface area contributed by atoms with E-state index < -0.39 is 48.2 Å². The van der Waals surface area contributed by atoms with Crippen molar-refractivity contribution in [2.24, 2.45) is 29.1 Å². The second-order valence-corrected chi connectivity index (χ2v) is 16.6. The maximum atomic E-state index is 13.9. The van der Waals surface area contributed by atoms with Crippen molar-refractivity contribution in [1.29, 1.82) is 5.26 Å². The van der Waals surface area contributed by atoms with E-state index in [1.807, 2.05) is 51.1 Å². The first-order valence-electron chi connectivity index (χ1n) is 17.7. The SMILES string of the molecule is CC(CC(C)(C)N1CCC(F)(F)C1)C(C#N)C(=O)N1CC[C@H](OC(=O)N[C@@H](Cc2ccccc2)B2O[C@H]3[C@H]4C[C@@H](C[C@@]3(C)O2)C4(C)C)C1. The minimum absolute atomic E-state index is 0.0367. The van der Waals surface area contributed by atoms with Crippen LogP contribution in [0, 0.1) is 40.4 Å². The van der Waals surface area contributed by atoms with Crippen LogP contribution in [0.1, 0.15) is 79.2 Å². The molecule has 1 N–H and O–H groups in total. The third-order valence-electron chi connectivity index (χ3n) is 12.3. The van der Waals surface area contributed by atoms with Gasteiger partial charge >= 0.3 is 13.2 Å². The lowest BCUT2D eigenvalue weighted by Crippen LogP contribution is -2.63. The maximum absolute atomic E-state index is 13.9. The standard InChI is InChI=1S/C36H51BF2N4O5/c1-23(18-33(2,3)43-15-13-36(38,39)22-43)27(20-40)31(44)42-14-12-26(21-42)46-32(45)41-29(16-24-10-8-7-9-11-24)37-47-30-28-17-25(34(28,4)5)19-35(30,6)48-37/h7-11,23,25-30H,12-19,21-22H2,1-6H3,(H,41,45)/t23?,25-,26-,27?,28+,29-,30-,35+/m0/s1. The van der Waals surface area contributed by atoms with Crippen molar-refractivity contribution >= 4 is 19.1 Å². The zero-order valence-corrected chi connectivity index (χ0v) is 29.2. The number of alkyl halides is 2. The molecule has 48 heavy (non-hydrogen) atoms. The smallest absolute Gasteiger partial charge is 0.444 e. The van der Waals surface area contributed by atoms with Crippen molar-refractivity contribution in [2.45, 2.75) is 115 Å². The number of benzene rings is 1. The summed E-state index contributed by atoms with van der Waals surface area (Å²) in [5.41, 5.74) is 0.262. The van der Waals surface area contributed by atoms with Crippen LogP contribution in [0.15, 0.2) is 30.3 Å². The van der Waals surface area contributed by atoms with Crippen LogP contribution in [-0.2, 0) is 25.3 Å². The number of likely N-dealkylation sites (tertiary alicyclic amines) is 2. The van der Waals surface area contributed by atoms with Gasteiger partial charge in [0, 0.05) is 31.5 Å². The number of ether oxygens (including phenoxy) is 1. The Morgan fingerprint density at radius 1 is 1.21 bits per heavy atom. The topological polar surface area (TPSA) is 104 Å². The molecule has 9 nitrogen and oxygen atoms in total. The van der Waals surface area contributed by atoms with E-state index in [-0.39, 0.29) is 49.4 Å². The Hall–Kier alpha value is -2.75. The number of nitrogens with zero attached hydrogens (tertiary/aromatic N) is 3. The van der Waals surface area contributed by atoms with E-state index in [4.69, 9.17) is 14.0 Å². The van der Waals surface area contributed by atoms with Gasteiger partial charge in [-0.05, 0) is 75.2 Å². The number of halogens is 2. The minimum Gasteiger partial charge on any atom is -0.444 e. The normalized spacial score (nSPS) is 32.5. The fourth-order valence-electron chi connectivity index (χ4n) is 9.27. The molecule has 0 aromatic heterocycles. The molecule has 3 saturated carbocycles. The fraction of sp³-hybridized carbons (Fsp3) is 0.750. The highest BCUT2D eigenvalue weighted by molar-refractivity contribution is 6.47. The van der Waals surface area contributed by atoms with Gasteiger partial charge in [-0.3, -0.25) is 9.69 Å². The van der Waals surface area contributed by atoms with Gasteiger partial charge in [-0.25, -0.2) is 13.6 Å². The highest BCUT2D eigenvalue weighted by Crippen LogP contribution is 2.64. The molecular weight excluding hydrogens is 617 g/mol. The molecule has 3 aliphatic heterocycles. The number of hydrogen-bond acceptors (Lipinski definition) is 7. The largest absolute Gasteiger partial charge is 0.482 e. The van der Waals surface area contributed by atoms with Crippen molar-refractivity contribution in [1.82, 2.24) is 15.1 Å². The molecule has 3 saturated heterocycles. The third kappa shape index (κ3) is 6.84. The highest BCUT2D eigenvalue weighted by atomic mass is 19.3. The highest BCUT2D eigenvalue weighted by Gasteiger charge is 2.67. The van der Waals surface area contributed by atoms with Crippen molar-refractivity contribution in [3.8, 4) is 6.07 Å². The van der Waals surface area contributed by atoms with Gasteiger partial charge in [0.15, 0.2) is 0 Å². The molecule has 2 unspecified atom stereocenters. The quantitative estimate of drug-likeness (QED) is 0.330. The number of alkyl carbamates (subject to hydrolysis) is 1. The Morgan fingerprint density at radius 3 is 2.58 bits per heavy atom. The van der Waals surface area contributed by atoms with Crippen LogP contribution < -0.4 is 5.32 Å². The summed E-state index contributed by atoms with van der Waals surface area (Å²) in [6.07, 6.45) is 2.12. The second-order valence-electron chi connectivity index (χ2n) is 16.6. The van der Waals surface area contributed by atoms with E-state index in [2.05, 4.69) is 32.2 Å². The van der Waals surface area contributed by atoms with E-state index in [0.717, 1.165) is 18.4 Å². The average molecular weight is 669 g/mol. The number of hydrogen-bond donors (Lipinski definition) is 1. The van der Waals surface area contributed by atoms with E-state index in [0.29, 0.717) is 37.6 Å². The summed E-state index contributed by atoms with van der Waals surface area (Å²) in [4.78, 5) is 30.2. The van der Waals surface area contributed by atoms with Crippen molar-refractivity contribution < 1.29 is 32.4 Å². The molecule has 0 spiro atoms. The lowest BCUT2D eigenvalue weighted by atomic mass is 9.45. The van der Waals surface area contributed by atoms with Crippen molar-refractivity contribution in [3.05, 3.63) is 35.9 Å². The van der Waals surface area contributed by atoms with Crippen LogP contribution in [0.4, 0.5) is 13.6 Å². The van der Waals surface area contributed by atoms with E-state index in [9.17, 15) is 23.6 Å². The van der Waals surface area contributed by atoms with Gasteiger partial charge in [0.1, 0.15) is 12.0 Å². The molecule has 6 aliphatic rings. The van der Waals surface area contributed by atoms with Crippen LogP contribution in [0.3, 0.4) is 0 Å². The number of rotatable bonds is 10. The first kappa shape index (κ1) is 35.1. The predicted molar refractivity (Wildman–Crippen MR) is 177 cm³/mol. The van der Waals surface area contributed by atoms with Crippen LogP contribution in [0.2, 0.25) is 0 Å². The zero-order valence-electron chi connectivity index (χ0n) is 29.2. The number of nitriles is 1. The van der Waals surface area contributed by atoms with E-state index in [1.54, 1.807) is 9.80 Å².